The van der Waals surface area contributed by atoms with Gasteiger partial charge >= 0.3 is 0 Å². The van der Waals surface area contributed by atoms with Gasteiger partial charge in [0.25, 0.3) is 0 Å². The van der Waals surface area contributed by atoms with Crippen LogP contribution in [0.4, 0.5) is 0 Å². The molecule has 2 aliphatic rings. The molecular weight excluding hydrogens is 350 g/mol. The molecule has 2 atom stereocenters. The van der Waals surface area contributed by atoms with Crippen LogP contribution < -0.4 is 10.1 Å². The van der Waals surface area contributed by atoms with Crippen molar-refractivity contribution in [2.24, 2.45) is 17.8 Å². The lowest BCUT2D eigenvalue weighted by atomic mass is 9.61. The average Bonchev–Trinajstić information content (AvgIpc) is 3.09. The highest BCUT2D eigenvalue weighted by molar-refractivity contribution is 7.15. The first kappa shape index (κ1) is 19.0. The van der Waals surface area contributed by atoms with E-state index >= 15 is 0 Å². The van der Waals surface area contributed by atoms with Crippen LogP contribution in [0.2, 0.25) is 0 Å². The number of nitrogens with one attached hydrogen (secondary N) is 1. The Balaban J connectivity index is 1.42. The quantitative estimate of drug-likeness (QED) is 0.614. The molecule has 2 nitrogen and oxygen atoms in total. The van der Waals surface area contributed by atoms with Gasteiger partial charge in [0, 0.05) is 21.8 Å². The minimum Gasteiger partial charge on any atom is -0.494 e. The molecule has 0 aliphatic heterocycles. The van der Waals surface area contributed by atoms with Crippen LogP contribution in [0.5, 0.6) is 5.75 Å². The number of benzene rings is 1. The number of hydrogen-bond donors (Lipinski definition) is 1. The third-order valence-corrected chi connectivity index (χ3v) is 7.51. The summed E-state index contributed by atoms with van der Waals surface area (Å²) in [6, 6.07) is 13.1. The Labute approximate surface area is 168 Å². The van der Waals surface area contributed by atoms with Crippen LogP contribution in [0.25, 0.3) is 10.4 Å². The normalized spacial score (nSPS) is 30.3. The second-order valence-corrected chi connectivity index (χ2v) is 10.2. The topological polar surface area (TPSA) is 21.3 Å². The summed E-state index contributed by atoms with van der Waals surface area (Å²) in [5.74, 6) is 3.62. The van der Waals surface area contributed by atoms with Gasteiger partial charge in [-0.1, -0.05) is 13.8 Å². The van der Waals surface area contributed by atoms with Crippen LogP contribution >= 0.6 is 11.3 Å². The van der Waals surface area contributed by atoms with Crippen molar-refractivity contribution in [2.75, 3.05) is 6.61 Å². The zero-order valence-corrected chi connectivity index (χ0v) is 17.8. The zero-order chi connectivity index (χ0) is 18.9. The van der Waals surface area contributed by atoms with Crippen molar-refractivity contribution in [2.45, 2.75) is 65.0 Å². The summed E-state index contributed by atoms with van der Waals surface area (Å²) in [5.41, 5.74) is 1.66. The van der Waals surface area contributed by atoms with Gasteiger partial charge in [-0.05, 0) is 98.7 Å². The molecule has 2 aromatic rings. The third-order valence-electron chi connectivity index (χ3n) is 6.38. The Bertz CT molecular complexity index is 730. The largest absolute Gasteiger partial charge is 0.494 e. The molecule has 2 unspecified atom stereocenters. The van der Waals surface area contributed by atoms with Crippen molar-refractivity contribution >= 4 is 11.3 Å². The highest BCUT2D eigenvalue weighted by Crippen LogP contribution is 2.47. The molecular formula is C24H33NOS. The van der Waals surface area contributed by atoms with Gasteiger partial charge in [0.05, 0.1) is 6.61 Å². The predicted molar refractivity (Wildman–Crippen MR) is 115 cm³/mol. The molecule has 0 amide bonds. The summed E-state index contributed by atoms with van der Waals surface area (Å²) in [4.78, 5) is 2.79. The van der Waals surface area contributed by atoms with Gasteiger partial charge in [-0.2, -0.15) is 0 Å². The van der Waals surface area contributed by atoms with Crippen LogP contribution in [-0.2, 0) is 6.54 Å². The minimum absolute atomic E-state index is 0.378. The van der Waals surface area contributed by atoms with Crippen LogP contribution in [-0.4, -0.2) is 12.1 Å². The molecule has 0 radical (unpaired) electrons. The molecule has 146 valence electrons. The van der Waals surface area contributed by atoms with E-state index in [1.54, 1.807) is 0 Å². The standard InChI is InChI=1S/C24H33NOS/c1-4-26-21-7-5-20(6-8-21)23-10-9-22(27-23)16-25-24-13-17(2)11-19(15-24)12-18(3)14-24/h5-10,17-19,25H,4,11-16H2,1-3H3. The van der Waals surface area contributed by atoms with Crippen molar-refractivity contribution in [1.82, 2.24) is 5.32 Å². The smallest absolute Gasteiger partial charge is 0.119 e. The van der Waals surface area contributed by atoms with Gasteiger partial charge < -0.3 is 10.1 Å². The molecule has 2 saturated carbocycles. The van der Waals surface area contributed by atoms with E-state index in [4.69, 9.17) is 4.74 Å². The molecule has 0 saturated heterocycles. The third kappa shape index (κ3) is 4.41. The van der Waals surface area contributed by atoms with Crippen LogP contribution in [0.15, 0.2) is 36.4 Å². The molecule has 4 rings (SSSR count). The summed E-state index contributed by atoms with van der Waals surface area (Å²) in [6.45, 7) is 8.65. The molecule has 1 N–H and O–H groups in total. The highest BCUT2D eigenvalue weighted by atomic mass is 32.1. The second kappa shape index (κ2) is 7.97. The molecule has 1 heterocycles. The Hall–Kier alpha value is -1.32. The van der Waals surface area contributed by atoms with E-state index in [-0.39, 0.29) is 0 Å². The van der Waals surface area contributed by atoms with Gasteiger partial charge in [-0.15, -0.1) is 11.3 Å². The molecule has 2 bridgehead atoms. The number of thiophene rings is 1. The van der Waals surface area contributed by atoms with E-state index in [1.165, 1.54) is 47.4 Å². The van der Waals surface area contributed by atoms with E-state index in [9.17, 15) is 0 Å². The summed E-state index contributed by atoms with van der Waals surface area (Å²) in [6.07, 6.45) is 6.97. The molecule has 0 spiro atoms. The average molecular weight is 384 g/mol. The summed E-state index contributed by atoms with van der Waals surface area (Å²) >= 11 is 1.92. The highest BCUT2D eigenvalue weighted by Gasteiger charge is 2.43. The molecule has 1 aromatic heterocycles. The molecule has 2 aliphatic carbocycles. The lowest BCUT2D eigenvalue weighted by Crippen LogP contribution is -2.53. The fraction of sp³-hybridized carbons (Fsp3) is 0.583. The first-order valence-corrected chi connectivity index (χ1v) is 11.4. The monoisotopic (exact) mass is 383 g/mol. The molecule has 1 aromatic carbocycles. The predicted octanol–water partition coefficient (Wildman–Crippen LogP) is 6.51. The van der Waals surface area contributed by atoms with Gasteiger partial charge in [0.15, 0.2) is 0 Å². The van der Waals surface area contributed by atoms with Gasteiger partial charge in [-0.3, -0.25) is 0 Å². The number of rotatable bonds is 6. The van der Waals surface area contributed by atoms with Crippen LogP contribution in [0.3, 0.4) is 0 Å². The van der Waals surface area contributed by atoms with Crippen molar-refractivity contribution in [3.63, 3.8) is 0 Å². The van der Waals surface area contributed by atoms with Crippen LogP contribution in [0.1, 0.15) is 57.8 Å². The SMILES string of the molecule is CCOc1ccc(-c2ccc(CNC34CC(C)CC(CC(C)C3)C4)s2)cc1. The van der Waals surface area contributed by atoms with Gasteiger partial charge in [-0.25, -0.2) is 0 Å². The Kier molecular flexibility index (Phi) is 5.61. The van der Waals surface area contributed by atoms with Crippen molar-refractivity contribution in [1.29, 1.82) is 0 Å². The number of hydrogen-bond acceptors (Lipinski definition) is 3. The van der Waals surface area contributed by atoms with Gasteiger partial charge in [0.2, 0.25) is 0 Å². The van der Waals surface area contributed by atoms with Crippen LogP contribution in [0, 0.1) is 17.8 Å². The summed E-state index contributed by atoms with van der Waals surface area (Å²) in [5, 5.41) is 4.02. The second-order valence-electron chi connectivity index (χ2n) is 9.02. The molecule has 27 heavy (non-hydrogen) atoms. The lowest BCUT2D eigenvalue weighted by Gasteiger charge is -2.50. The van der Waals surface area contributed by atoms with Crippen molar-refractivity contribution < 1.29 is 4.74 Å². The minimum atomic E-state index is 0.378. The number of ether oxygens (including phenoxy) is 1. The summed E-state index contributed by atoms with van der Waals surface area (Å²) < 4.78 is 5.56. The van der Waals surface area contributed by atoms with E-state index in [0.29, 0.717) is 12.1 Å². The summed E-state index contributed by atoms with van der Waals surface area (Å²) in [7, 11) is 0. The fourth-order valence-corrected chi connectivity index (χ4v) is 6.66. The Morgan fingerprint density at radius 1 is 1.00 bits per heavy atom. The van der Waals surface area contributed by atoms with E-state index in [0.717, 1.165) is 30.0 Å². The van der Waals surface area contributed by atoms with E-state index < -0.39 is 0 Å². The lowest BCUT2D eigenvalue weighted by molar-refractivity contribution is 0.0544. The van der Waals surface area contributed by atoms with E-state index in [2.05, 4.69) is 55.6 Å². The first-order valence-electron chi connectivity index (χ1n) is 10.6. The maximum absolute atomic E-state index is 5.56. The van der Waals surface area contributed by atoms with Crippen molar-refractivity contribution in [3.05, 3.63) is 41.3 Å². The van der Waals surface area contributed by atoms with Crippen molar-refractivity contribution in [3.8, 4) is 16.2 Å². The fourth-order valence-electron chi connectivity index (χ4n) is 5.71. The van der Waals surface area contributed by atoms with Gasteiger partial charge in [0.1, 0.15) is 5.75 Å². The first-order chi connectivity index (χ1) is 13.0. The Morgan fingerprint density at radius 3 is 2.37 bits per heavy atom. The number of fused-ring (bicyclic) bond motifs is 2. The van der Waals surface area contributed by atoms with E-state index in [1.807, 2.05) is 18.3 Å². The zero-order valence-electron chi connectivity index (χ0n) is 17.0. The Morgan fingerprint density at radius 2 is 1.70 bits per heavy atom. The molecule has 3 heteroatoms. The maximum atomic E-state index is 5.56. The maximum Gasteiger partial charge on any atom is 0.119 e. The molecule has 2 fully saturated rings.